The molecule has 4 rings (SSSR count). The summed E-state index contributed by atoms with van der Waals surface area (Å²) in [7, 11) is 1.63. The average Bonchev–Trinajstić information content (AvgIpc) is 3.37. The zero-order chi connectivity index (χ0) is 26.2. The summed E-state index contributed by atoms with van der Waals surface area (Å²) in [6.07, 6.45) is -4.60. The highest BCUT2D eigenvalue weighted by Crippen LogP contribution is 2.27. The number of benzene rings is 2. The fourth-order valence-corrected chi connectivity index (χ4v) is 3.89. The molecule has 0 saturated heterocycles. The first kappa shape index (κ1) is 24.9. The number of nitrogens with zero attached hydrogens (tertiary/aromatic N) is 3. The molecule has 2 aromatic carbocycles. The van der Waals surface area contributed by atoms with Crippen molar-refractivity contribution in [3.05, 3.63) is 64.9 Å². The normalized spacial score (nSPS) is 11.6. The number of aromatic nitrogens is 4. The number of ketones is 1. The molecule has 0 spiro atoms. The SMILES string of the molecule is CCC(=O)c1n[nH]c2cc(-c3nc(C)c(C(=O)NCc4cc(OC(F)(F)F)ccc4F)n3C)ccc12. The number of H-pyrrole nitrogens is 1. The third kappa shape index (κ3) is 4.92. The van der Waals surface area contributed by atoms with E-state index < -0.39 is 23.8 Å². The van der Waals surface area contributed by atoms with E-state index in [1.165, 1.54) is 0 Å². The molecule has 0 aliphatic rings. The summed E-state index contributed by atoms with van der Waals surface area (Å²) in [4.78, 5) is 29.4. The Morgan fingerprint density at radius 3 is 2.61 bits per heavy atom. The Morgan fingerprint density at radius 1 is 1.17 bits per heavy atom. The molecule has 36 heavy (non-hydrogen) atoms. The van der Waals surface area contributed by atoms with Crippen LogP contribution in [0.5, 0.6) is 5.75 Å². The van der Waals surface area contributed by atoms with Gasteiger partial charge in [0.15, 0.2) is 5.78 Å². The van der Waals surface area contributed by atoms with Gasteiger partial charge in [-0.05, 0) is 37.3 Å². The van der Waals surface area contributed by atoms with Gasteiger partial charge < -0.3 is 14.6 Å². The molecule has 2 heterocycles. The van der Waals surface area contributed by atoms with E-state index in [0.29, 0.717) is 40.1 Å². The number of Topliss-reactive ketones (excluding diaryl/α,β-unsaturated/α-hetero) is 1. The Hall–Kier alpha value is -4.22. The second-order valence-corrected chi connectivity index (χ2v) is 8.02. The number of nitrogens with one attached hydrogen (secondary N) is 2. The van der Waals surface area contributed by atoms with Crippen molar-refractivity contribution in [2.24, 2.45) is 7.05 Å². The van der Waals surface area contributed by atoms with Crippen molar-refractivity contribution in [1.82, 2.24) is 25.1 Å². The van der Waals surface area contributed by atoms with Crippen LogP contribution in [0, 0.1) is 12.7 Å². The zero-order valence-corrected chi connectivity index (χ0v) is 19.5. The van der Waals surface area contributed by atoms with E-state index in [4.69, 9.17) is 0 Å². The maximum Gasteiger partial charge on any atom is 0.573 e. The van der Waals surface area contributed by atoms with E-state index in [1.54, 1.807) is 43.7 Å². The Morgan fingerprint density at radius 2 is 1.92 bits per heavy atom. The molecular formula is C24H21F4N5O3. The molecule has 0 atom stereocenters. The standard InChI is InChI=1S/C24H21F4N5O3/c1-4-19(34)20-16-7-5-13(10-18(16)31-32-20)22-30-12(2)21(33(22)3)23(35)29-11-14-9-15(6-8-17(14)25)36-24(26,27)28/h5-10H,4,11H2,1-3H3,(H,29,35)(H,31,32). The van der Waals surface area contributed by atoms with E-state index in [9.17, 15) is 27.2 Å². The van der Waals surface area contributed by atoms with Gasteiger partial charge in [-0.3, -0.25) is 14.7 Å². The fraction of sp³-hybridized carbons (Fsp3) is 0.250. The third-order valence-electron chi connectivity index (χ3n) is 5.58. The van der Waals surface area contributed by atoms with Gasteiger partial charge in [0.25, 0.3) is 5.91 Å². The molecule has 188 valence electrons. The number of rotatable bonds is 7. The van der Waals surface area contributed by atoms with E-state index >= 15 is 0 Å². The van der Waals surface area contributed by atoms with Gasteiger partial charge in [0.05, 0.1) is 11.2 Å². The lowest BCUT2D eigenvalue weighted by atomic mass is 10.1. The van der Waals surface area contributed by atoms with Crippen LogP contribution in [0.4, 0.5) is 17.6 Å². The van der Waals surface area contributed by atoms with Gasteiger partial charge in [-0.25, -0.2) is 9.37 Å². The Bertz CT molecular complexity index is 1470. The van der Waals surface area contributed by atoms with E-state index in [0.717, 1.165) is 18.2 Å². The number of alkyl halides is 3. The van der Waals surface area contributed by atoms with Gasteiger partial charge in [0.2, 0.25) is 0 Å². The van der Waals surface area contributed by atoms with Crippen LogP contribution in [0.2, 0.25) is 0 Å². The first-order valence-electron chi connectivity index (χ1n) is 10.9. The maximum absolute atomic E-state index is 14.1. The molecule has 8 nitrogen and oxygen atoms in total. The highest BCUT2D eigenvalue weighted by atomic mass is 19.4. The number of aromatic amines is 1. The van der Waals surface area contributed by atoms with Gasteiger partial charge in [0, 0.05) is 36.5 Å². The van der Waals surface area contributed by atoms with Crippen molar-refractivity contribution in [3.8, 4) is 17.1 Å². The van der Waals surface area contributed by atoms with Gasteiger partial charge >= 0.3 is 6.36 Å². The number of fused-ring (bicyclic) bond motifs is 1. The number of aryl methyl sites for hydroxylation is 1. The number of amides is 1. The summed E-state index contributed by atoms with van der Waals surface area (Å²) in [5, 5.41) is 10.1. The average molecular weight is 503 g/mol. The van der Waals surface area contributed by atoms with Crippen LogP contribution in [0.15, 0.2) is 36.4 Å². The summed E-state index contributed by atoms with van der Waals surface area (Å²) < 4.78 is 56.9. The molecule has 4 aromatic rings. The number of hydrogen-bond acceptors (Lipinski definition) is 5. The summed E-state index contributed by atoms with van der Waals surface area (Å²) in [5.41, 5.74) is 2.06. The predicted octanol–water partition coefficient (Wildman–Crippen LogP) is 4.83. The van der Waals surface area contributed by atoms with Crippen molar-refractivity contribution < 1.29 is 31.9 Å². The van der Waals surface area contributed by atoms with Gasteiger partial charge in [-0.1, -0.05) is 13.0 Å². The van der Waals surface area contributed by atoms with E-state index in [2.05, 4.69) is 25.2 Å². The smallest absolute Gasteiger partial charge is 0.406 e. The third-order valence-corrected chi connectivity index (χ3v) is 5.58. The van der Waals surface area contributed by atoms with Crippen LogP contribution < -0.4 is 10.1 Å². The lowest BCUT2D eigenvalue weighted by Gasteiger charge is -2.12. The number of hydrogen-bond donors (Lipinski definition) is 2. The Kier molecular flexibility index (Phi) is 6.53. The second kappa shape index (κ2) is 9.44. The Labute approximate surface area is 202 Å². The molecule has 1 amide bonds. The minimum atomic E-state index is -4.92. The number of halogens is 4. The number of carbonyl (C=O) groups excluding carboxylic acids is 2. The fourth-order valence-electron chi connectivity index (χ4n) is 3.89. The first-order valence-corrected chi connectivity index (χ1v) is 10.9. The van der Waals surface area contributed by atoms with Crippen molar-refractivity contribution in [2.45, 2.75) is 33.2 Å². The minimum Gasteiger partial charge on any atom is -0.406 e. The monoisotopic (exact) mass is 503 g/mol. The van der Waals surface area contributed by atoms with E-state index in [-0.39, 0.29) is 23.6 Å². The van der Waals surface area contributed by atoms with Gasteiger partial charge in [0.1, 0.15) is 28.8 Å². The molecule has 0 bridgehead atoms. The van der Waals surface area contributed by atoms with Gasteiger partial charge in [-0.2, -0.15) is 5.10 Å². The maximum atomic E-state index is 14.1. The summed E-state index contributed by atoms with van der Waals surface area (Å²) >= 11 is 0. The van der Waals surface area contributed by atoms with Crippen LogP contribution in [0.3, 0.4) is 0 Å². The minimum absolute atomic E-state index is 0.0901. The second-order valence-electron chi connectivity index (χ2n) is 8.02. The van der Waals surface area contributed by atoms with Crippen LogP contribution in [-0.2, 0) is 13.6 Å². The zero-order valence-electron chi connectivity index (χ0n) is 19.5. The van der Waals surface area contributed by atoms with Gasteiger partial charge in [-0.15, -0.1) is 13.2 Å². The highest BCUT2D eigenvalue weighted by molar-refractivity contribution is 6.06. The molecule has 0 fully saturated rings. The van der Waals surface area contributed by atoms with Crippen molar-refractivity contribution in [3.63, 3.8) is 0 Å². The van der Waals surface area contributed by atoms with E-state index in [1.807, 2.05) is 0 Å². The topological polar surface area (TPSA) is 102 Å². The highest BCUT2D eigenvalue weighted by Gasteiger charge is 2.31. The lowest BCUT2D eigenvalue weighted by Crippen LogP contribution is -2.26. The molecule has 0 saturated carbocycles. The number of ether oxygens (including phenoxy) is 1. The van der Waals surface area contributed by atoms with Crippen LogP contribution >= 0.6 is 0 Å². The number of imidazole rings is 1. The molecular weight excluding hydrogens is 482 g/mol. The molecule has 2 N–H and O–H groups in total. The van der Waals surface area contributed by atoms with Crippen molar-refractivity contribution in [1.29, 1.82) is 0 Å². The molecule has 0 aliphatic heterocycles. The Balaban J connectivity index is 1.56. The van der Waals surface area contributed by atoms with Crippen molar-refractivity contribution >= 4 is 22.6 Å². The molecule has 2 aromatic heterocycles. The lowest BCUT2D eigenvalue weighted by molar-refractivity contribution is -0.274. The first-order chi connectivity index (χ1) is 17.0. The molecule has 0 aliphatic carbocycles. The van der Waals surface area contributed by atoms with Crippen LogP contribution in [-0.4, -0.2) is 37.8 Å². The number of carbonyl (C=O) groups is 2. The largest absolute Gasteiger partial charge is 0.573 e. The predicted molar refractivity (Wildman–Crippen MR) is 122 cm³/mol. The summed E-state index contributed by atoms with van der Waals surface area (Å²) in [6.45, 7) is 3.01. The van der Waals surface area contributed by atoms with Crippen LogP contribution in [0.25, 0.3) is 22.3 Å². The quantitative estimate of drug-likeness (QED) is 0.278. The molecule has 0 unspecified atom stereocenters. The summed E-state index contributed by atoms with van der Waals surface area (Å²) in [5.74, 6) is -1.60. The molecule has 12 heteroatoms. The molecule has 0 radical (unpaired) electrons. The van der Waals surface area contributed by atoms with Crippen LogP contribution in [0.1, 0.15) is 45.6 Å². The summed E-state index contributed by atoms with van der Waals surface area (Å²) in [6, 6.07) is 7.83. The van der Waals surface area contributed by atoms with Crippen molar-refractivity contribution in [2.75, 3.05) is 0 Å².